The summed E-state index contributed by atoms with van der Waals surface area (Å²) in [5.74, 6) is 1.78. The van der Waals surface area contributed by atoms with Gasteiger partial charge in [-0.2, -0.15) is 0 Å². The van der Waals surface area contributed by atoms with Crippen molar-refractivity contribution in [3.05, 3.63) is 66.7 Å². The van der Waals surface area contributed by atoms with Crippen molar-refractivity contribution in [3.63, 3.8) is 0 Å². The monoisotopic (exact) mass is 267 g/mol. The number of hydrogen-bond acceptors (Lipinski definition) is 3. The van der Waals surface area contributed by atoms with Crippen LogP contribution in [-0.2, 0) is 6.54 Å². The van der Waals surface area contributed by atoms with Crippen molar-refractivity contribution in [1.29, 1.82) is 0 Å². The Morgan fingerprint density at radius 1 is 1.20 bits per heavy atom. The van der Waals surface area contributed by atoms with Crippen LogP contribution in [0.4, 0.5) is 5.69 Å². The molecule has 102 valence electrons. The molecule has 3 heteroatoms. The Balaban J connectivity index is 1.80. The smallest absolute Gasteiger partial charge is 0.161 e. The van der Waals surface area contributed by atoms with Crippen LogP contribution in [0.2, 0.25) is 0 Å². The Bertz CT molecular complexity index is 595. The number of ether oxygens (including phenoxy) is 2. The molecule has 2 aromatic rings. The first-order valence-corrected chi connectivity index (χ1v) is 6.66. The van der Waals surface area contributed by atoms with Gasteiger partial charge in [0, 0.05) is 17.8 Å². The van der Waals surface area contributed by atoms with Crippen molar-refractivity contribution in [1.82, 2.24) is 0 Å². The quantitative estimate of drug-likeness (QED) is 0.790. The molecule has 0 aromatic heterocycles. The Morgan fingerprint density at radius 3 is 2.85 bits per heavy atom. The number of para-hydroxylation sites is 1. The van der Waals surface area contributed by atoms with Gasteiger partial charge in [-0.3, -0.25) is 0 Å². The molecule has 0 spiro atoms. The summed E-state index contributed by atoms with van der Waals surface area (Å²) < 4.78 is 11.4. The zero-order valence-corrected chi connectivity index (χ0v) is 11.3. The maximum atomic E-state index is 5.80. The topological polar surface area (TPSA) is 21.7 Å². The molecule has 2 aromatic carbocycles. The predicted molar refractivity (Wildman–Crippen MR) is 80.3 cm³/mol. The summed E-state index contributed by atoms with van der Waals surface area (Å²) in [5, 5.41) is 0. The van der Waals surface area contributed by atoms with Crippen molar-refractivity contribution < 1.29 is 9.47 Å². The van der Waals surface area contributed by atoms with Crippen LogP contribution in [0, 0.1) is 0 Å². The van der Waals surface area contributed by atoms with Crippen LogP contribution in [0.5, 0.6) is 11.5 Å². The van der Waals surface area contributed by atoms with Crippen molar-refractivity contribution in [3.8, 4) is 11.5 Å². The summed E-state index contributed by atoms with van der Waals surface area (Å²) in [7, 11) is 0. The number of nitrogens with zero attached hydrogens (tertiary/aromatic N) is 1. The van der Waals surface area contributed by atoms with Crippen LogP contribution in [0.25, 0.3) is 0 Å². The van der Waals surface area contributed by atoms with Crippen molar-refractivity contribution >= 4 is 5.69 Å². The molecule has 0 unspecified atom stereocenters. The molecule has 0 fully saturated rings. The van der Waals surface area contributed by atoms with Crippen LogP contribution in [0.3, 0.4) is 0 Å². The van der Waals surface area contributed by atoms with Gasteiger partial charge in [0.25, 0.3) is 0 Å². The zero-order valence-electron chi connectivity index (χ0n) is 11.3. The molecule has 0 atom stereocenters. The van der Waals surface area contributed by atoms with E-state index in [9.17, 15) is 0 Å². The van der Waals surface area contributed by atoms with E-state index in [0.29, 0.717) is 13.3 Å². The highest BCUT2D eigenvalue weighted by molar-refractivity contribution is 5.51. The molecular weight excluding hydrogens is 250 g/mol. The minimum absolute atomic E-state index is 0.516. The number of rotatable bonds is 4. The maximum absolute atomic E-state index is 5.80. The Kier molecular flexibility index (Phi) is 3.59. The lowest BCUT2D eigenvalue weighted by molar-refractivity contribution is 0.287. The zero-order chi connectivity index (χ0) is 13.8. The molecule has 0 N–H and O–H groups in total. The summed E-state index contributed by atoms with van der Waals surface area (Å²) in [6.45, 7) is 5.57. The molecule has 0 saturated heterocycles. The number of fused-ring (bicyclic) bond motifs is 1. The third-order valence-electron chi connectivity index (χ3n) is 3.26. The van der Waals surface area contributed by atoms with Crippen molar-refractivity contribution in [2.45, 2.75) is 6.54 Å². The first kappa shape index (κ1) is 12.6. The molecule has 1 heterocycles. The fourth-order valence-corrected chi connectivity index (χ4v) is 2.27. The van der Waals surface area contributed by atoms with E-state index in [1.165, 1.54) is 0 Å². The molecule has 20 heavy (non-hydrogen) atoms. The number of benzene rings is 2. The molecule has 0 aliphatic carbocycles. The second kappa shape index (κ2) is 5.70. The van der Waals surface area contributed by atoms with E-state index < -0.39 is 0 Å². The average Bonchev–Trinajstić information content (AvgIpc) is 2.53. The van der Waals surface area contributed by atoms with Crippen LogP contribution >= 0.6 is 0 Å². The van der Waals surface area contributed by atoms with Crippen LogP contribution in [0.1, 0.15) is 5.56 Å². The van der Waals surface area contributed by atoms with Gasteiger partial charge in [0.05, 0.1) is 0 Å². The van der Waals surface area contributed by atoms with Gasteiger partial charge in [-0.1, -0.05) is 30.9 Å². The molecule has 1 aliphatic heterocycles. The SMILES string of the molecule is C=CCOc1ccc2c(c1)CN(c1ccccc1)CO2. The molecule has 3 rings (SSSR count). The summed E-state index contributed by atoms with van der Waals surface area (Å²) in [4.78, 5) is 2.19. The third kappa shape index (κ3) is 2.62. The largest absolute Gasteiger partial charge is 0.490 e. The van der Waals surface area contributed by atoms with Crippen LogP contribution in [-0.4, -0.2) is 13.3 Å². The Hall–Kier alpha value is -2.42. The standard InChI is InChI=1S/C17H17NO2/c1-2-10-19-16-8-9-17-14(11-16)12-18(13-20-17)15-6-4-3-5-7-15/h2-9,11H,1,10,12-13H2. The second-order valence-corrected chi connectivity index (χ2v) is 4.68. The highest BCUT2D eigenvalue weighted by Gasteiger charge is 2.18. The van der Waals surface area contributed by atoms with E-state index in [4.69, 9.17) is 9.47 Å². The minimum Gasteiger partial charge on any atom is -0.490 e. The first-order valence-electron chi connectivity index (χ1n) is 6.66. The fraction of sp³-hybridized carbons (Fsp3) is 0.176. The van der Waals surface area contributed by atoms with Crippen LogP contribution < -0.4 is 14.4 Å². The number of hydrogen-bond donors (Lipinski definition) is 0. The average molecular weight is 267 g/mol. The van der Waals surface area contributed by atoms with E-state index in [1.54, 1.807) is 6.08 Å². The van der Waals surface area contributed by atoms with Gasteiger partial charge in [-0.05, 0) is 30.3 Å². The van der Waals surface area contributed by atoms with E-state index in [1.807, 2.05) is 36.4 Å². The molecule has 3 nitrogen and oxygen atoms in total. The van der Waals surface area contributed by atoms with E-state index in [0.717, 1.165) is 29.3 Å². The molecule has 0 amide bonds. The van der Waals surface area contributed by atoms with Gasteiger partial charge in [-0.15, -0.1) is 0 Å². The van der Waals surface area contributed by atoms with Gasteiger partial charge in [0.15, 0.2) is 6.73 Å². The van der Waals surface area contributed by atoms with E-state index in [2.05, 4.69) is 23.6 Å². The molecule has 0 saturated carbocycles. The lowest BCUT2D eigenvalue weighted by Crippen LogP contribution is -2.31. The second-order valence-electron chi connectivity index (χ2n) is 4.68. The summed E-state index contributed by atoms with van der Waals surface area (Å²) in [6.07, 6.45) is 1.74. The molecule has 1 aliphatic rings. The summed E-state index contributed by atoms with van der Waals surface area (Å²) in [5.41, 5.74) is 2.30. The highest BCUT2D eigenvalue weighted by atomic mass is 16.5. The van der Waals surface area contributed by atoms with Gasteiger partial charge < -0.3 is 14.4 Å². The number of anilines is 1. The Labute approximate surface area is 119 Å². The molecular formula is C17H17NO2. The van der Waals surface area contributed by atoms with E-state index >= 15 is 0 Å². The third-order valence-corrected chi connectivity index (χ3v) is 3.26. The fourth-order valence-electron chi connectivity index (χ4n) is 2.27. The van der Waals surface area contributed by atoms with Gasteiger partial charge in [0.2, 0.25) is 0 Å². The highest BCUT2D eigenvalue weighted by Crippen LogP contribution is 2.31. The summed E-state index contributed by atoms with van der Waals surface area (Å²) >= 11 is 0. The van der Waals surface area contributed by atoms with Gasteiger partial charge in [0.1, 0.15) is 18.1 Å². The first-order chi connectivity index (χ1) is 9.86. The predicted octanol–water partition coefficient (Wildman–Crippen LogP) is 3.61. The lowest BCUT2D eigenvalue weighted by atomic mass is 10.1. The van der Waals surface area contributed by atoms with Gasteiger partial charge >= 0.3 is 0 Å². The molecule has 0 radical (unpaired) electrons. The Morgan fingerprint density at radius 2 is 2.05 bits per heavy atom. The van der Waals surface area contributed by atoms with Crippen molar-refractivity contribution in [2.24, 2.45) is 0 Å². The maximum Gasteiger partial charge on any atom is 0.161 e. The normalized spacial score (nSPS) is 13.3. The van der Waals surface area contributed by atoms with Crippen molar-refractivity contribution in [2.75, 3.05) is 18.2 Å². The lowest BCUT2D eigenvalue weighted by Gasteiger charge is -2.31. The van der Waals surface area contributed by atoms with E-state index in [-0.39, 0.29) is 0 Å². The summed E-state index contributed by atoms with van der Waals surface area (Å²) in [6, 6.07) is 16.2. The molecule has 0 bridgehead atoms. The minimum atomic E-state index is 0.516. The van der Waals surface area contributed by atoms with Gasteiger partial charge in [-0.25, -0.2) is 0 Å². The van der Waals surface area contributed by atoms with Crippen LogP contribution in [0.15, 0.2) is 61.2 Å².